The summed E-state index contributed by atoms with van der Waals surface area (Å²) in [7, 11) is 0. The number of nitrogens with one attached hydrogen (secondary N) is 1. The first kappa shape index (κ1) is 22.2. The van der Waals surface area contributed by atoms with Crippen molar-refractivity contribution in [1.82, 2.24) is 15.0 Å². The molecule has 2 aromatic heterocycles. The van der Waals surface area contributed by atoms with Crippen LogP contribution in [-0.4, -0.2) is 26.9 Å². The molecular formula is C21H18BrClN6S. The number of pyridine rings is 1. The summed E-state index contributed by atoms with van der Waals surface area (Å²) in [6.45, 7) is 2.14. The summed E-state index contributed by atoms with van der Waals surface area (Å²) in [4.78, 5) is 13.4. The zero-order valence-corrected chi connectivity index (χ0v) is 19.3. The second-order valence-corrected chi connectivity index (χ2v) is 8.47. The number of thioether (sulfide) groups is 1. The Morgan fingerprint density at radius 2 is 2.00 bits per heavy atom. The first-order valence-electron chi connectivity index (χ1n) is 9.23. The minimum atomic E-state index is 0.316. The fraction of sp³-hybridized carbons (Fsp3) is 0.190. The van der Waals surface area contributed by atoms with Gasteiger partial charge in [0.25, 0.3) is 0 Å². The number of benzene rings is 1. The van der Waals surface area contributed by atoms with E-state index in [-0.39, 0.29) is 0 Å². The van der Waals surface area contributed by atoms with E-state index in [9.17, 15) is 5.26 Å². The van der Waals surface area contributed by atoms with Gasteiger partial charge in [-0.3, -0.25) is 5.43 Å². The highest BCUT2D eigenvalue weighted by Gasteiger charge is 2.16. The predicted octanol–water partition coefficient (Wildman–Crippen LogP) is 6.16. The number of nitriles is 1. The van der Waals surface area contributed by atoms with E-state index in [1.807, 2.05) is 30.3 Å². The van der Waals surface area contributed by atoms with Gasteiger partial charge in [0.05, 0.1) is 17.6 Å². The van der Waals surface area contributed by atoms with Crippen LogP contribution in [0.2, 0.25) is 5.02 Å². The van der Waals surface area contributed by atoms with Crippen LogP contribution in [0.4, 0.5) is 5.82 Å². The van der Waals surface area contributed by atoms with E-state index >= 15 is 0 Å². The van der Waals surface area contributed by atoms with Gasteiger partial charge in [0, 0.05) is 16.3 Å². The van der Waals surface area contributed by atoms with Gasteiger partial charge in [-0.15, -0.1) is 0 Å². The number of rotatable bonds is 8. The number of hydrogen-bond acceptors (Lipinski definition) is 7. The van der Waals surface area contributed by atoms with Crippen molar-refractivity contribution < 1.29 is 0 Å². The summed E-state index contributed by atoms with van der Waals surface area (Å²) in [5.41, 5.74) is 5.20. The minimum absolute atomic E-state index is 0.316. The van der Waals surface area contributed by atoms with Gasteiger partial charge in [-0.1, -0.05) is 54.9 Å². The highest BCUT2D eigenvalue weighted by atomic mass is 79.9. The Balaban J connectivity index is 1.96. The van der Waals surface area contributed by atoms with Crippen LogP contribution >= 0.6 is 39.3 Å². The molecule has 0 spiro atoms. The third kappa shape index (κ3) is 6.02. The molecule has 0 bridgehead atoms. The Hall–Kier alpha value is -2.47. The van der Waals surface area contributed by atoms with Crippen LogP contribution < -0.4 is 5.43 Å². The van der Waals surface area contributed by atoms with E-state index in [1.165, 1.54) is 0 Å². The quantitative estimate of drug-likeness (QED) is 0.0992. The van der Waals surface area contributed by atoms with Gasteiger partial charge in [-0.05, 0) is 46.6 Å². The molecule has 152 valence electrons. The summed E-state index contributed by atoms with van der Waals surface area (Å²) in [6.07, 6.45) is 3.71. The van der Waals surface area contributed by atoms with E-state index in [4.69, 9.17) is 11.6 Å². The lowest BCUT2D eigenvalue weighted by atomic mass is 10.1. The Bertz CT molecular complexity index is 1080. The molecule has 0 unspecified atom stereocenters. The van der Waals surface area contributed by atoms with Crippen molar-refractivity contribution in [3.05, 3.63) is 63.3 Å². The summed E-state index contributed by atoms with van der Waals surface area (Å²) in [6, 6.07) is 14.9. The summed E-state index contributed by atoms with van der Waals surface area (Å²) >= 11 is 10.9. The van der Waals surface area contributed by atoms with E-state index in [0.29, 0.717) is 37.6 Å². The molecule has 0 aliphatic rings. The molecule has 0 saturated carbocycles. The molecule has 6 nitrogen and oxygen atoms in total. The van der Waals surface area contributed by atoms with Crippen LogP contribution in [0, 0.1) is 11.3 Å². The van der Waals surface area contributed by atoms with Gasteiger partial charge in [0.1, 0.15) is 16.2 Å². The number of hydrazone groups is 1. The maximum Gasteiger partial charge on any atom is 0.190 e. The Morgan fingerprint density at radius 1 is 1.20 bits per heavy atom. The molecule has 30 heavy (non-hydrogen) atoms. The molecule has 1 aromatic carbocycles. The SMILES string of the molecule is CCCCSc1nc(N/N=C/c2cccc(Br)n2)c(C#N)c(-c2ccc(Cl)cc2)n1. The molecule has 1 N–H and O–H groups in total. The second kappa shape index (κ2) is 11.1. The number of halogens is 2. The van der Waals surface area contributed by atoms with Crippen LogP contribution in [-0.2, 0) is 0 Å². The highest BCUT2D eigenvalue weighted by Crippen LogP contribution is 2.30. The highest BCUT2D eigenvalue weighted by molar-refractivity contribution is 9.10. The molecule has 9 heteroatoms. The molecule has 3 aromatic rings. The maximum atomic E-state index is 9.80. The van der Waals surface area contributed by atoms with Gasteiger partial charge in [-0.2, -0.15) is 10.4 Å². The number of nitrogens with zero attached hydrogens (tertiary/aromatic N) is 5. The molecule has 0 aliphatic carbocycles. The van der Waals surface area contributed by atoms with E-state index in [2.05, 4.69) is 54.4 Å². The van der Waals surface area contributed by atoms with Crippen LogP contribution in [0.25, 0.3) is 11.3 Å². The molecule has 0 fully saturated rings. The molecule has 0 atom stereocenters. The lowest BCUT2D eigenvalue weighted by Crippen LogP contribution is -2.04. The van der Waals surface area contributed by atoms with Gasteiger partial charge in [0.15, 0.2) is 11.0 Å². The van der Waals surface area contributed by atoms with Gasteiger partial charge in [-0.25, -0.2) is 15.0 Å². The zero-order chi connectivity index (χ0) is 21.3. The first-order valence-corrected chi connectivity index (χ1v) is 11.4. The number of hydrogen-bond donors (Lipinski definition) is 1. The normalized spacial score (nSPS) is 10.9. The molecule has 0 aliphatic heterocycles. The van der Waals surface area contributed by atoms with Gasteiger partial charge >= 0.3 is 0 Å². The first-order chi connectivity index (χ1) is 14.6. The van der Waals surface area contributed by atoms with Crippen molar-refractivity contribution in [2.24, 2.45) is 5.10 Å². The molecule has 2 heterocycles. The standard InChI is InChI=1S/C21H18BrClN6S/c1-2-3-11-30-21-27-19(14-7-9-15(23)10-8-14)17(12-24)20(28-21)29-25-13-16-5-4-6-18(22)26-16/h4-10,13H,2-3,11H2,1H3,(H,27,28,29)/b25-13+. The van der Waals surface area contributed by atoms with Crippen LogP contribution in [0.15, 0.2) is 57.3 Å². The van der Waals surface area contributed by atoms with Crippen molar-refractivity contribution in [3.8, 4) is 17.3 Å². The molecular weight excluding hydrogens is 484 g/mol. The Morgan fingerprint density at radius 3 is 2.70 bits per heavy atom. The van der Waals surface area contributed by atoms with Crippen molar-refractivity contribution >= 4 is 51.3 Å². The van der Waals surface area contributed by atoms with Crippen LogP contribution in [0.5, 0.6) is 0 Å². The van der Waals surface area contributed by atoms with Gasteiger partial charge < -0.3 is 0 Å². The van der Waals surface area contributed by atoms with Crippen molar-refractivity contribution in [3.63, 3.8) is 0 Å². The van der Waals surface area contributed by atoms with Crippen LogP contribution in [0.1, 0.15) is 31.0 Å². The lowest BCUT2D eigenvalue weighted by Gasteiger charge is -2.10. The van der Waals surface area contributed by atoms with E-state index in [0.717, 1.165) is 24.2 Å². The van der Waals surface area contributed by atoms with E-state index < -0.39 is 0 Å². The molecule has 3 rings (SSSR count). The maximum absolute atomic E-state index is 9.80. The summed E-state index contributed by atoms with van der Waals surface area (Å²) < 4.78 is 0.714. The van der Waals surface area contributed by atoms with Crippen molar-refractivity contribution in [2.75, 3.05) is 11.2 Å². The number of unbranched alkanes of at least 4 members (excludes halogenated alkanes) is 1. The fourth-order valence-corrected chi connectivity index (χ4v) is 3.88. The third-order valence-electron chi connectivity index (χ3n) is 3.95. The summed E-state index contributed by atoms with van der Waals surface area (Å²) in [5.74, 6) is 1.25. The minimum Gasteiger partial charge on any atom is -0.260 e. The summed E-state index contributed by atoms with van der Waals surface area (Å²) in [5, 5.41) is 15.2. The molecule has 0 saturated heterocycles. The lowest BCUT2D eigenvalue weighted by molar-refractivity contribution is 0.888. The zero-order valence-electron chi connectivity index (χ0n) is 16.1. The number of anilines is 1. The second-order valence-electron chi connectivity index (χ2n) is 6.15. The predicted molar refractivity (Wildman–Crippen MR) is 126 cm³/mol. The average Bonchev–Trinajstić information content (AvgIpc) is 2.74. The van der Waals surface area contributed by atoms with E-state index in [1.54, 1.807) is 30.1 Å². The topological polar surface area (TPSA) is 86.9 Å². The fourth-order valence-electron chi connectivity index (χ4n) is 2.47. The Labute approximate surface area is 192 Å². The van der Waals surface area contributed by atoms with Gasteiger partial charge in [0.2, 0.25) is 0 Å². The third-order valence-corrected chi connectivity index (χ3v) is 5.58. The largest absolute Gasteiger partial charge is 0.260 e. The smallest absolute Gasteiger partial charge is 0.190 e. The van der Waals surface area contributed by atoms with Crippen molar-refractivity contribution in [2.45, 2.75) is 24.9 Å². The van der Waals surface area contributed by atoms with Crippen molar-refractivity contribution in [1.29, 1.82) is 5.26 Å². The monoisotopic (exact) mass is 500 g/mol. The number of aromatic nitrogens is 3. The molecule has 0 amide bonds. The average molecular weight is 502 g/mol. The van der Waals surface area contributed by atoms with Crippen LogP contribution in [0.3, 0.4) is 0 Å². The Kier molecular flexibility index (Phi) is 8.20. The molecule has 0 radical (unpaired) electrons.